The number of amides is 1. The lowest BCUT2D eigenvalue weighted by Gasteiger charge is -2.19. The fourth-order valence-corrected chi connectivity index (χ4v) is 7.55. The maximum atomic E-state index is 13.4. The Morgan fingerprint density at radius 3 is 2.23 bits per heavy atom. The second-order valence-corrected chi connectivity index (χ2v) is 13.4. The molecular weight excluding hydrogens is 584 g/mol. The van der Waals surface area contributed by atoms with Gasteiger partial charge in [-0.2, -0.15) is 0 Å². The third kappa shape index (κ3) is 5.81. The molecule has 1 amide bonds. The Morgan fingerprint density at radius 1 is 1.05 bits per heavy atom. The number of nitrogens with one attached hydrogen (secondary N) is 2. The van der Waals surface area contributed by atoms with Gasteiger partial charge in [0.25, 0.3) is 10.0 Å². The normalized spacial score (nSPS) is 15.9. The summed E-state index contributed by atoms with van der Waals surface area (Å²) >= 11 is 0. The van der Waals surface area contributed by atoms with E-state index in [0.29, 0.717) is 28.9 Å². The van der Waals surface area contributed by atoms with Crippen molar-refractivity contribution in [2.45, 2.75) is 63.5 Å². The largest absolute Gasteiger partial charge is 0.487 e. The van der Waals surface area contributed by atoms with Crippen molar-refractivity contribution in [2.24, 2.45) is 10.7 Å². The molecular formula is C32H36N4O7S. The van der Waals surface area contributed by atoms with E-state index in [2.05, 4.69) is 15.0 Å². The highest BCUT2D eigenvalue weighted by Gasteiger charge is 2.37. The molecule has 0 fully saturated rings. The quantitative estimate of drug-likeness (QED) is 0.217. The molecule has 11 nitrogen and oxygen atoms in total. The van der Waals surface area contributed by atoms with Crippen LogP contribution in [-0.4, -0.2) is 56.3 Å². The van der Waals surface area contributed by atoms with E-state index >= 15 is 0 Å². The highest BCUT2D eigenvalue weighted by atomic mass is 32.2. The highest BCUT2D eigenvalue weighted by Crippen LogP contribution is 2.45. The van der Waals surface area contributed by atoms with Crippen molar-refractivity contribution < 1.29 is 32.6 Å². The van der Waals surface area contributed by atoms with E-state index < -0.39 is 46.2 Å². The van der Waals surface area contributed by atoms with Gasteiger partial charge in [0.1, 0.15) is 24.0 Å². The van der Waals surface area contributed by atoms with Crippen LogP contribution in [0, 0.1) is 20.8 Å². The van der Waals surface area contributed by atoms with Crippen LogP contribution in [0.1, 0.15) is 53.1 Å². The first kappa shape index (κ1) is 30.9. The van der Waals surface area contributed by atoms with Gasteiger partial charge in [-0.05, 0) is 73.6 Å². The van der Waals surface area contributed by atoms with Crippen molar-refractivity contribution in [2.75, 3.05) is 13.2 Å². The number of hydrogen-bond donors (Lipinski definition) is 4. The Bertz CT molecular complexity index is 1750. The number of carboxylic acids is 1. The monoisotopic (exact) mass is 620 g/mol. The number of benzene rings is 3. The number of carbonyl (C=O) groups excluding carboxylic acids is 1. The molecule has 3 aromatic rings. The maximum absolute atomic E-state index is 13.4. The first-order valence-electron chi connectivity index (χ1n) is 14.2. The lowest BCUT2D eigenvalue weighted by atomic mass is 9.94. The van der Waals surface area contributed by atoms with Gasteiger partial charge in [-0.3, -0.25) is 0 Å². The smallest absolute Gasteiger partial charge is 0.407 e. The number of carbonyl (C=O) groups is 2. The Kier molecular flexibility index (Phi) is 8.06. The molecule has 5 N–H and O–H groups in total. The van der Waals surface area contributed by atoms with Crippen molar-refractivity contribution in [3.05, 3.63) is 81.9 Å². The predicted octanol–water partition coefficient (Wildman–Crippen LogP) is 3.91. The van der Waals surface area contributed by atoms with Gasteiger partial charge in [-0.1, -0.05) is 48.5 Å². The number of aliphatic carboxylic acids is 1. The van der Waals surface area contributed by atoms with E-state index in [4.69, 9.17) is 15.2 Å². The van der Waals surface area contributed by atoms with Gasteiger partial charge >= 0.3 is 12.1 Å². The molecule has 44 heavy (non-hydrogen) atoms. The molecule has 1 heterocycles. The zero-order valence-corrected chi connectivity index (χ0v) is 26.0. The molecule has 5 rings (SSSR count). The van der Waals surface area contributed by atoms with E-state index in [1.807, 2.05) is 62.4 Å². The minimum Gasteiger partial charge on any atom is -0.487 e. The second kappa shape index (κ2) is 11.5. The number of fused-ring (bicyclic) bond motifs is 4. The maximum Gasteiger partial charge on any atom is 0.407 e. The van der Waals surface area contributed by atoms with E-state index in [-0.39, 0.29) is 17.4 Å². The number of guanidine groups is 1. The minimum atomic E-state index is -4.18. The van der Waals surface area contributed by atoms with Gasteiger partial charge in [0, 0.05) is 17.9 Å². The summed E-state index contributed by atoms with van der Waals surface area (Å²) < 4.78 is 40.6. The van der Waals surface area contributed by atoms with Gasteiger partial charge in [-0.15, -0.1) is 0 Å². The summed E-state index contributed by atoms with van der Waals surface area (Å²) in [6.45, 7) is 8.56. The topological polar surface area (TPSA) is 169 Å². The summed E-state index contributed by atoms with van der Waals surface area (Å²) in [5.41, 5.74) is 12.2. The van der Waals surface area contributed by atoms with E-state index in [1.54, 1.807) is 20.8 Å². The van der Waals surface area contributed by atoms with Crippen LogP contribution in [0.25, 0.3) is 11.1 Å². The summed E-state index contributed by atoms with van der Waals surface area (Å²) in [4.78, 5) is 28.5. The average Bonchev–Trinajstić information content (AvgIpc) is 3.46. The van der Waals surface area contributed by atoms with Crippen LogP contribution in [-0.2, 0) is 26.0 Å². The first-order chi connectivity index (χ1) is 20.7. The number of rotatable bonds is 8. The lowest BCUT2D eigenvalue weighted by Crippen LogP contribution is -2.45. The predicted molar refractivity (Wildman–Crippen MR) is 166 cm³/mol. The number of hydrogen-bond acceptors (Lipinski definition) is 7. The molecule has 1 atom stereocenters. The Morgan fingerprint density at radius 2 is 1.64 bits per heavy atom. The Balaban J connectivity index is 1.25. The highest BCUT2D eigenvalue weighted by molar-refractivity contribution is 7.90. The van der Waals surface area contributed by atoms with Crippen LogP contribution in [0.2, 0.25) is 0 Å². The number of alkyl carbamates (subject to hydrolysis) is 1. The number of nitrogens with zero attached hydrogens (tertiary/aromatic N) is 1. The number of carboxylic acid groups (broad SMARTS) is 1. The van der Waals surface area contributed by atoms with Crippen molar-refractivity contribution in [3.63, 3.8) is 0 Å². The van der Waals surface area contributed by atoms with Gasteiger partial charge in [-0.25, -0.2) is 27.7 Å². The molecule has 2 aliphatic rings. The molecule has 1 unspecified atom stereocenters. The molecule has 0 radical (unpaired) electrons. The number of sulfonamides is 1. The summed E-state index contributed by atoms with van der Waals surface area (Å²) in [5.74, 6) is -1.42. The van der Waals surface area contributed by atoms with Crippen LogP contribution in [0.15, 0.2) is 58.4 Å². The van der Waals surface area contributed by atoms with Crippen LogP contribution in [0.4, 0.5) is 4.79 Å². The Hall–Kier alpha value is -4.58. The van der Waals surface area contributed by atoms with E-state index in [1.165, 1.54) is 0 Å². The van der Waals surface area contributed by atoms with Crippen molar-refractivity contribution in [3.8, 4) is 16.9 Å². The molecule has 1 aliphatic carbocycles. The zero-order valence-electron chi connectivity index (χ0n) is 25.2. The van der Waals surface area contributed by atoms with Gasteiger partial charge in [0.05, 0.1) is 11.4 Å². The van der Waals surface area contributed by atoms with Crippen molar-refractivity contribution in [1.82, 2.24) is 10.0 Å². The molecule has 3 aromatic carbocycles. The molecule has 232 valence electrons. The molecule has 0 saturated heterocycles. The van der Waals surface area contributed by atoms with Crippen LogP contribution in [0.5, 0.6) is 5.75 Å². The molecule has 0 spiro atoms. The first-order valence-corrected chi connectivity index (χ1v) is 15.7. The zero-order chi connectivity index (χ0) is 32.0. The molecule has 12 heteroatoms. The number of ether oxygens (including phenoxy) is 2. The number of nitrogens with two attached hydrogens (primary N) is 1. The van der Waals surface area contributed by atoms with E-state index in [9.17, 15) is 23.1 Å². The minimum absolute atomic E-state index is 0.00146. The van der Waals surface area contributed by atoms with Gasteiger partial charge in [0.15, 0.2) is 0 Å². The van der Waals surface area contributed by atoms with Crippen LogP contribution < -0.4 is 20.5 Å². The molecule has 0 bridgehead atoms. The van der Waals surface area contributed by atoms with Gasteiger partial charge < -0.3 is 25.6 Å². The second-order valence-electron chi connectivity index (χ2n) is 11.7. The number of aliphatic imine (C=N–C) groups is 1. The third-order valence-corrected chi connectivity index (χ3v) is 9.81. The third-order valence-electron chi connectivity index (χ3n) is 8.18. The van der Waals surface area contributed by atoms with Crippen molar-refractivity contribution >= 4 is 28.0 Å². The van der Waals surface area contributed by atoms with Gasteiger partial charge in [0.2, 0.25) is 5.96 Å². The molecule has 1 aliphatic heterocycles. The standard InChI is InChI=1S/C32H36N4O7S/c1-17-18(2)28(19(3)24-14-32(4,5)43-27(17)24)44(40,41)36-30(33)34-15-26(29(37)38)35-31(39)42-16-25-22-12-8-6-10-20(22)21-11-7-9-13-23(21)25/h6-13,25-26H,14-16H2,1-5H3,(H,35,39)(H,37,38)(H3,33,34,36). The summed E-state index contributed by atoms with van der Waals surface area (Å²) in [5, 5.41) is 12.0. The summed E-state index contributed by atoms with van der Waals surface area (Å²) in [6.07, 6.45) is -0.401. The van der Waals surface area contributed by atoms with E-state index in [0.717, 1.165) is 27.8 Å². The van der Waals surface area contributed by atoms with Crippen LogP contribution in [0.3, 0.4) is 0 Å². The summed E-state index contributed by atoms with van der Waals surface area (Å²) in [6, 6.07) is 14.2. The fourth-order valence-electron chi connectivity index (χ4n) is 6.03. The fraction of sp³-hybridized carbons (Fsp3) is 0.344. The molecule has 0 saturated carbocycles. The summed E-state index contributed by atoms with van der Waals surface area (Å²) in [7, 11) is -4.18. The SMILES string of the molecule is Cc1c(C)c(S(=O)(=O)NC(N)=NCC(NC(=O)OCC2c3ccccc3-c3ccccc32)C(=O)O)c(C)c2c1OC(C)(C)C2. The Labute approximate surface area is 256 Å². The van der Waals surface area contributed by atoms with Crippen LogP contribution >= 0.6 is 0 Å². The average molecular weight is 621 g/mol. The van der Waals surface area contributed by atoms with Crippen molar-refractivity contribution in [1.29, 1.82) is 0 Å². The lowest BCUT2D eigenvalue weighted by molar-refractivity contribution is -0.139. The molecule has 0 aromatic heterocycles.